The van der Waals surface area contributed by atoms with Gasteiger partial charge in [-0.3, -0.25) is 0 Å². The van der Waals surface area contributed by atoms with Gasteiger partial charge in [-0.1, -0.05) is 83.1 Å². The molecule has 0 bridgehead atoms. The summed E-state index contributed by atoms with van der Waals surface area (Å²) in [5.74, 6) is 0. The molecule has 108 valence electrons. The third-order valence-electron chi connectivity index (χ3n) is 3.91. The van der Waals surface area contributed by atoms with Crippen LogP contribution in [0.2, 0.25) is 0 Å². The number of aryl methyl sites for hydroxylation is 2. The van der Waals surface area contributed by atoms with Gasteiger partial charge < -0.3 is 0 Å². The minimum atomic E-state index is 1.26. The summed E-state index contributed by atoms with van der Waals surface area (Å²) in [5.41, 5.74) is 3.04. The second kappa shape index (κ2) is 11.1. The molecule has 0 fully saturated rings. The lowest BCUT2D eigenvalue weighted by Gasteiger charge is -2.05. The number of hydrogen-bond acceptors (Lipinski definition) is 0. The highest BCUT2D eigenvalue weighted by Gasteiger charge is 1.96. The van der Waals surface area contributed by atoms with Gasteiger partial charge in [-0.05, 0) is 36.8 Å². The fraction of sp³-hybridized carbons (Fsp3) is 0.684. The van der Waals surface area contributed by atoms with Crippen LogP contribution in [0, 0.1) is 0 Å². The third kappa shape index (κ3) is 8.08. The molecular weight excluding hydrogens is 228 g/mol. The van der Waals surface area contributed by atoms with Gasteiger partial charge in [0, 0.05) is 0 Å². The topological polar surface area (TPSA) is 0 Å². The Morgan fingerprint density at radius 2 is 0.895 bits per heavy atom. The number of rotatable bonds is 11. The fourth-order valence-corrected chi connectivity index (χ4v) is 2.56. The van der Waals surface area contributed by atoms with E-state index in [2.05, 4.69) is 38.1 Å². The summed E-state index contributed by atoms with van der Waals surface area (Å²) >= 11 is 0. The summed E-state index contributed by atoms with van der Waals surface area (Å²) in [5, 5.41) is 0. The standard InChI is InChI=1S/C19H32/c1-3-5-7-9-11-13-19-16-14-18(15-17-19)12-10-8-6-4-2/h14-17H,3-13H2,1-2H3. The van der Waals surface area contributed by atoms with Crippen LogP contribution in [0.25, 0.3) is 0 Å². The second-order valence-corrected chi connectivity index (χ2v) is 5.79. The summed E-state index contributed by atoms with van der Waals surface area (Å²) in [6.45, 7) is 4.55. The SMILES string of the molecule is CCCCCCCc1ccc(CCCCCC)cc1. The first-order chi connectivity index (χ1) is 9.36. The van der Waals surface area contributed by atoms with E-state index in [1.807, 2.05) is 0 Å². The van der Waals surface area contributed by atoms with E-state index in [1.165, 1.54) is 81.8 Å². The Labute approximate surface area is 120 Å². The monoisotopic (exact) mass is 260 g/mol. The molecule has 0 heterocycles. The molecule has 0 aliphatic rings. The summed E-state index contributed by atoms with van der Waals surface area (Å²) in [4.78, 5) is 0. The van der Waals surface area contributed by atoms with E-state index in [0.717, 1.165) is 0 Å². The average molecular weight is 260 g/mol. The van der Waals surface area contributed by atoms with E-state index in [1.54, 1.807) is 0 Å². The molecule has 1 aromatic rings. The van der Waals surface area contributed by atoms with Gasteiger partial charge in [0.2, 0.25) is 0 Å². The molecule has 19 heavy (non-hydrogen) atoms. The number of benzene rings is 1. The maximum Gasteiger partial charge on any atom is -0.0279 e. The molecule has 0 nitrogen and oxygen atoms in total. The molecule has 0 radical (unpaired) electrons. The molecule has 0 amide bonds. The Kier molecular flexibility index (Phi) is 9.49. The van der Waals surface area contributed by atoms with Gasteiger partial charge >= 0.3 is 0 Å². The van der Waals surface area contributed by atoms with Gasteiger partial charge in [-0.25, -0.2) is 0 Å². The lowest BCUT2D eigenvalue weighted by atomic mass is 10.0. The van der Waals surface area contributed by atoms with Crippen molar-refractivity contribution < 1.29 is 0 Å². The first-order valence-electron chi connectivity index (χ1n) is 8.44. The zero-order valence-corrected chi connectivity index (χ0v) is 13.1. The highest BCUT2D eigenvalue weighted by molar-refractivity contribution is 5.22. The van der Waals surface area contributed by atoms with Crippen molar-refractivity contribution in [1.29, 1.82) is 0 Å². The second-order valence-electron chi connectivity index (χ2n) is 5.79. The summed E-state index contributed by atoms with van der Waals surface area (Å²) in [7, 11) is 0. The van der Waals surface area contributed by atoms with E-state index < -0.39 is 0 Å². The van der Waals surface area contributed by atoms with Crippen molar-refractivity contribution >= 4 is 0 Å². The lowest BCUT2D eigenvalue weighted by Crippen LogP contribution is -1.89. The number of hydrogen-bond donors (Lipinski definition) is 0. The molecule has 0 aliphatic carbocycles. The quantitative estimate of drug-likeness (QED) is 0.408. The van der Waals surface area contributed by atoms with Crippen molar-refractivity contribution in [3.8, 4) is 0 Å². The van der Waals surface area contributed by atoms with Crippen LogP contribution in [0.4, 0.5) is 0 Å². The fourth-order valence-electron chi connectivity index (χ4n) is 2.56. The Morgan fingerprint density at radius 1 is 0.526 bits per heavy atom. The van der Waals surface area contributed by atoms with Crippen molar-refractivity contribution in [1.82, 2.24) is 0 Å². The normalized spacial score (nSPS) is 10.8. The van der Waals surface area contributed by atoms with Crippen LogP contribution in [0.1, 0.15) is 82.8 Å². The molecule has 0 N–H and O–H groups in total. The number of unbranched alkanes of at least 4 members (excludes halogenated alkanes) is 7. The van der Waals surface area contributed by atoms with Gasteiger partial charge in [-0.15, -0.1) is 0 Å². The van der Waals surface area contributed by atoms with E-state index in [-0.39, 0.29) is 0 Å². The maximum absolute atomic E-state index is 2.34. The van der Waals surface area contributed by atoms with E-state index in [0.29, 0.717) is 0 Å². The molecule has 0 unspecified atom stereocenters. The van der Waals surface area contributed by atoms with E-state index in [4.69, 9.17) is 0 Å². The lowest BCUT2D eigenvalue weighted by molar-refractivity contribution is 0.632. The van der Waals surface area contributed by atoms with Crippen molar-refractivity contribution in [3.05, 3.63) is 35.4 Å². The van der Waals surface area contributed by atoms with Crippen LogP contribution >= 0.6 is 0 Å². The summed E-state index contributed by atoms with van der Waals surface area (Å²) in [6, 6.07) is 9.37. The zero-order chi connectivity index (χ0) is 13.8. The molecule has 0 saturated heterocycles. The minimum absolute atomic E-state index is 1.26. The highest BCUT2D eigenvalue weighted by atomic mass is 14.0. The molecule has 0 heteroatoms. The first-order valence-corrected chi connectivity index (χ1v) is 8.44. The van der Waals surface area contributed by atoms with Crippen molar-refractivity contribution in [2.75, 3.05) is 0 Å². The van der Waals surface area contributed by atoms with Crippen molar-refractivity contribution in [2.45, 2.75) is 84.5 Å². The van der Waals surface area contributed by atoms with E-state index in [9.17, 15) is 0 Å². The predicted octanol–water partition coefficient (Wildman–Crippen LogP) is 6.32. The van der Waals surface area contributed by atoms with Crippen LogP contribution in [0.15, 0.2) is 24.3 Å². The van der Waals surface area contributed by atoms with Crippen LogP contribution < -0.4 is 0 Å². The molecule has 0 saturated carbocycles. The van der Waals surface area contributed by atoms with E-state index >= 15 is 0 Å². The molecule has 1 rings (SSSR count). The average Bonchev–Trinajstić information content (AvgIpc) is 2.45. The molecular formula is C19H32. The van der Waals surface area contributed by atoms with Crippen LogP contribution in [0.3, 0.4) is 0 Å². The molecule has 1 aromatic carbocycles. The Bertz CT molecular complexity index is 296. The van der Waals surface area contributed by atoms with Crippen LogP contribution in [-0.4, -0.2) is 0 Å². The minimum Gasteiger partial charge on any atom is -0.0654 e. The summed E-state index contributed by atoms with van der Waals surface area (Å²) in [6.07, 6.45) is 14.9. The van der Waals surface area contributed by atoms with Gasteiger partial charge in [0.1, 0.15) is 0 Å². The van der Waals surface area contributed by atoms with Gasteiger partial charge in [0.15, 0.2) is 0 Å². The maximum atomic E-state index is 2.34. The van der Waals surface area contributed by atoms with Crippen LogP contribution in [0.5, 0.6) is 0 Å². The van der Waals surface area contributed by atoms with Gasteiger partial charge in [-0.2, -0.15) is 0 Å². The van der Waals surface area contributed by atoms with Gasteiger partial charge in [0.25, 0.3) is 0 Å². The van der Waals surface area contributed by atoms with Crippen molar-refractivity contribution in [2.24, 2.45) is 0 Å². The van der Waals surface area contributed by atoms with Crippen LogP contribution in [-0.2, 0) is 12.8 Å². The smallest absolute Gasteiger partial charge is 0.0279 e. The Balaban J connectivity index is 2.16. The third-order valence-corrected chi connectivity index (χ3v) is 3.91. The molecule has 0 aliphatic heterocycles. The molecule has 0 aromatic heterocycles. The highest BCUT2D eigenvalue weighted by Crippen LogP contribution is 2.12. The first kappa shape index (κ1) is 16.3. The summed E-state index contributed by atoms with van der Waals surface area (Å²) < 4.78 is 0. The Hall–Kier alpha value is -0.780. The predicted molar refractivity (Wildman–Crippen MR) is 86.8 cm³/mol. The Morgan fingerprint density at radius 3 is 1.32 bits per heavy atom. The van der Waals surface area contributed by atoms with Gasteiger partial charge in [0.05, 0.1) is 0 Å². The molecule has 0 atom stereocenters. The largest absolute Gasteiger partial charge is 0.0654 e. The zero-order valence-electron chi connectivity index (χ0n) is 13.1. The molecule has 0 spiro atoms. The van der Waals surface area contributed by atoms with Crippen molar-refractivity contribution in [3.63, 3.8) is 0 Å².